The third-order valence-corrected chi connectivity index (χ3v) is 5.59. The van der Waals surface area contributed by atoms with Crippen molar-refractivity contribution in [1.82, 2.24) is 25.2 Å². The summed E-state index contributed by atoms with van der Waals surface area (Å²) >= 11 is 1.60. The highest BCUT2D eigenvalue weighted by Gasteiger charge is 2.20. The van der Waals surface area contributed by atoms with Gasteiger partial charge in [-0.2, -0.15) is 0 Å². The first-order valence-corrected chi connectivity index (χ1v) is 9.81. The third-order valence-electron chi connectivity index (χ3n) is 4.62. The van der Waals surface area contributed by atoms with Gasteiger partial charge >= 0.3 is 0 Å². The molecule has 26 heavy (non-hydrogen) atoms. The lowest BCUT2D eigenvalue weighted by Gasteiger charge is -2.21. The molecule has 1 aromatic carbocycles. The van der Waals surface area contributed by atoms with E-state index in [9.17, 15) is 0 Å². The summed E-state index contributed by atoms with van der Waals surface area (Å²) in [4.78, 5) is 4.57. The van der Waals surface area contributed by atoms with Gasteiger partial charge < -0.3 is 9.15 Å². The van der Waals surface area contributed by atoms with Crippen molar-refractivity contribution in [2.24, 2.45) is 0 Å². The Morgan fingerprint density at radius 2 is 2.00 bits per heavy atom. The SMILES string of the molecule is COc1ccc(-c2nc(CSc3nnnn3C3CCCCC3)co2)cc1. The monoisotopic (exact) mass is 371 g/mol. The molecule has 0 aliphatic heterocycles. The van der Waals surface area contributed by atoms with Crippen LogP contribution >= 0.6 is 11.8 Å². The summed E-state index contributed by atoms with van der Waals surface area (Å²) in [6.07, 6.45) is 7.83. The number of benzene rings is 1. The van der Waals surface area contributed by atoms with Gasteiger partial charge in [0, 0.05) is 11.3 Å². The van der Waals surface area contributed by atoms with Crippen molar-refractivity contribution >= 4 is 11.8 Å². The van der Waals surface area contributed by atoms with E-state index in [4.69, 9.17) is 9.15 Å². The van der Waals surface area contributed by atoms with Crippen molar-refractivity contribution in [2.75, 3.05) is 7.11 Å². The molecule has 1 aliphatic carbocycles. The first kappa shape index (κ1) is 17.1. The standard InChI is InChI=1S/C18H21N5O2S/c1-24-16-9-7-13(8-10-16)17-19-14(11-25-17)12-26-18-20-21-22-23(18)15-5-3-2-4-6-15/h7-11,15H,2-6,12H2,1H3. The Kier molecular flexibility index (Phi) is 5.19. The molecule has 2 heterocycles. The molecular formula is C18H21N5O2S. The van der Waals surface area contributed by atoms with Crippen LogP contribution in [-0.2, 0) is 5.75 Å². The largest absolute Gasteiger partial charge is 0.497 e. The van der Waals surface area contributed by atoms with E-state index >= 15 is 0 Å². The molecule has 0 atom stereocenters. The van der Waals surface area contributed by atoms with Gasteiger partial charge in [-0.15, -0.1) is 5.10 Å². The van der Waals surface area contributed by atoms with E-state index in [1.807, 2.05) is 28.9 Å². The maximum atomic E-state index is 5.62. The summed E-state index contributed by atoms with van der Waals surface area (Å²) in [6.45, 7) is 0. The van der Waals surface area contributed by atoms with Gasteiger partial charge in [0.15, 0.2) is 0 Å². The van der Waals surface area contributed by atoms with Crippen LogP contribution in [0, 0.1) is 0 Å². The second-order valence-electron chi connectivity index (χ2n) is 6.36. The van der Waals surface area contributed by atoms with Crippen molar-refractivity contribution < 1.29 is 9.15 Å². The molecule has 0 amide bonds. The highest BCUT2D eigenvalue weighted by molar-refractivity contribution is 7.98. The number of tetrazole rings is 1. The fourth-order valence-corrected chi connectivity index (χ4v) is 4.03. The van der Waals surface area contributed by atoms with Crippen LogP contribution in [-0.4, -0.2) is 32.3 Å². The van der Waals surface area contributed by atoms with Crippen molar-refractivity contribution in [3.05, 3.63) is 36.2 Å². The number of oxazole rings is 1. The molecule has 136 valence electrons. The topological polar surface area (TPSA) is 78.9 Å². The fourth-order valence-electron chi connectivity index (χ4n) is 3.21. The average molecular weight is 371 g/mol. The number of nitrogens with zero attached hydrogens (tertiary/aromatic N) is 5. The molecule has 7 nitrogen and oxygen atoms in total. The summed E-state index contributed by atoms with van der Waals surface area (Å²) in [7, 11) is 1.65. The Morgan fingerprint density at radius 3 is 2.77 bits per heavy atom. The summed E-state index contributed by atoms with van der Waals surface area (Å²) in [5, 5.41) is 13.1. The van der Waals surface area contributed by atoms with Gasteiger partial charge in [-0.1, -0.05) is 31.0 Å². The van der Waals surface area contributed by atoms with Crippen LogP contribution in [0.1, 0.15) is 43.8 Å². The molecule has 0 unspecified atom stereocenters. The Bertz CT molecular complexity index is 839. The van der Waals surface area contributed by atoms with Gasteiger partial charge in [0.2, 0.25) is 11.0 Å². The molecular weight excluding hydrogens is 350 g/mol. The minimum atomic E-state index is 0.424. The molecule has 3 aromatic rings. The summed E-state index contributed by atoms with van der Waals surface area (Å²) in [6, 6.07) is 8.09. The molecule has 8 heteroatoms. The van der Waals surface area contributed by atoms with Crippen molar-refractivity contribution in [1.29, 1.82) is 0 Å². The van der Waals surface area contributed by atoms with E-state index in [-0.39, 0.29) is 0 Å². The second kappa shape index (κ2) is 7.90. The Labute approximate surface area is 156 Å². The highest BCUT2D eigenvalue weighted by Crippen LogP contribution is 2.31. The first-order valence-electron chi connectivity index (χ1n) is 8.83. The molecule has 1 aliphatic rings. The average Bonchev–Trinajstić information content (AvgIpc) is 3.36. The normalized spacial score (nSPS) is 15.3. The lowest BCUT2D eigenvalue weighted by molar-refractivity contribution is 0.307. The van der Waals surface area contributed by atoms with Crippen LogP contribution in [0.3, 0.4) is 0 Å². The Balaban J connectivity index is 1.41. The molecule has 4 rings (SSSR count). The van der Waals surface area contributed by atoms with E-state index in [0.717, 1.165) is 35.0 Å². The maximum Gasteiger partial charge on any atom is 0.226 e. The van der Waals surface area contributed by atoms with Crippen LogP contribution in [0.2, 0.25) is 0 Å². The van der Waals surface area contributed by atoms with E-state index < -0.39 is 0 Å². The maximum absolute atomic E-state index is 5.62. The molecule has 0 saturated heterocycles. The van der Waals surface area contributed by atoms with Gasteiger partial charge in [-0.05, 0) is 47.5 Å². The minimum Gasteiger partial charge on any atom is -0.497 e. The first-order chi connectivity index (χ1) is 12.8. The number of rotatable bonds is 6. The molecule has 0 N–H and O–H groups in total. The summed E-state index contributed by atoms with van der Waals surface area (Å²) < 4.78 is 12.8. The van der Waals surface area contributed by atoms with Crippen LogP contribution in [0.5, 0.6) is 5.75 Å². The second-order valence-corrected chi connectivity index (χ2v) is 7.30. The predicted octanol–water partition coefficient (Wildman–Crippen LogP) is 4.13. The zero-order chi connectivity index (χ0) is 17.8. The number of aromatic nitrogens is 5. The van der Waals surface area contributed by atoms with Crippen molar-refractivity contribution in [3.8, 4) is 17.2 Å². The van der Waals surface area contributed by atoms with Gasteiger partial charge in [0.05, 0.1) is 18.8 Å². The lowest BCUT2D eigenvalue weighted by atomic mass is 9.96. The van der Waals surface area contributed by atoms with Crippen molar-refractivity contribution in [3.63, 3.8) is 0 Å². The fraction of sp³-hybridized carbons (Fsp3) is 0.444. The van der Waals surface area contributed by atoms with E-state index in [0.29, 0.717) is 17.7 Å². The van der Waals surface area contributed by atoms with Crippen LogP contribution in [0.4, 0.5) is 0 Å². The Morgan fingerprint density at radius 1 is 1.19 bits per heavy atom. The van der Waals surface area contributed by atoms with E-state index in [1.54, 1.807) is 25.1 Å². The molecule has 0 bridgehead atoms. The minimum absolute atomic E-state index is 0.424. The smallest absolute Gasteiger partial charge is 0.226 e. The Hall–Kier alpha value is -2.35. The molecule has 1 fully saturated rings. The zero-order valence-electron chi connectivity index (χ0n) is 14.7. The van der Waals surface area contributed by atoms with Gasteiger partial charge in [-0.25, -0.2) is 9.67 Å². The quantitative estimate of drug-likeness (QED) is 0.603. The number of thioether (sulfide) groups is 1. The van der Waals surface area contributed by atoms with Crippen molar-refractivity contribution in [2.45, 2.75) is 49.1 Å². The number of methoxy groups -OCH3 is 1. The predicted molar refractivity (Wildman–Crippen MR) is 98.0 cm³/mol. The molecule has 0 spiro atoms. The lowest BCUT2D eigenvalue weighted by Crippen LogP contribution is -2.15. The van der Waals surface area contributed by atoms with Crippen LogP contribution in [0.25, 0.3) is 11.5 Å². The number of hydrogen-bond donors (Lipinski definition) is 0. The molecule has 2 aromatic heterocycles. The van der Waals surface area contributed by atoms with E-state index in [2.05, 4.69) is 20.5 Å². The van der Waals surface area contributed by atoms with Gasteiger partial charge in [0.25, 0.3) is 0 Å². The van der Waals surface area contributed by atoms with Gasteiger partial charge in [-0.3, -0.25) is 0 Å². The summed E-state index contributed by atoms with van der Waals surface area (Å²) in [5.74, 6) is 2.09. The van der Waals surface area contributed by atoms with Gasteiger partial charge in [0.1, 0.15) is 12.0 Å². The number of hydrogen-bond acceptors (Lipinski definition) is 7. The van der Waals surface area contributed by atoms with Crippen LogP contribution in [0.15, 0.2) is 40.1 Å². The third kappa shape index (κ3) is 3.75. The zero-order valence-corrected chi connectivity index (χ0v) is 15.5. The summed E-state index contributed by atoms with van der Waals surface area (Å²) in [5.41, 5.74) is 1.80. The molecule has 0 radical (unpaired) electrons. The molecule has 1 saturated carbocycles. The van der Waals surface area contributed by atoms with Crippen LogP contribution < -0.4 is 4.74 Å². The highest BCUT2D eigenvalue weighted by atomic mass is 32.2. The van der Waals surface area contributed by atoms with E-state index in [1.165, 1.54) is 19.3 Å². The number of ether oxygens (including phenoxy) is 1.